The average molecular weight is 525 g/mol. The Morgan fingerprint density at radius 1 is 0.694 bits per heavy atom. The third kappa shape index (κ3) is 33.6. The Bertz CT molecular complexity index is 416. The Hall–Kier alpha value is -0.360. The van der Waals surface area contributed by atoms with Crippen LogP contribution < -0.4 is 10.6 Å². The van der Waals surface area contributed by atoms with Gasteiger partial charge in [0.25, 0.3) is 0 Å². The van der Waals surface area contributed by atoms with E-state index in [1.807, 2.05) is 13.8 Å². The van der Waals surface area contributed by atoms with E-state index < -0.39 is 0 Å². The molecule has 0 amide bonds. The van der Waals surface area contributed by atoms with Gasteiger partial charge in [-0.1, -0.05) is 20.8 Å². The van der Waals surface area contributed by atoms with Crippen molar-refractivity contribution in [2.24, 2.45) is 11.8 Å². The molecular formula is C27H60N2O7. The molecule has 1 fully saturated rings. The predicted octanol–water partition coefficient (Wildman–Crippen LogP) is 2.74. The summed E-state index contributed by atoms with van der Waals surface area (Å²) in [6, 6.07) is 0.741. The third-order valence-electron chi connectivity index (χ3n) is 5.11. The maximum absolute atomic E-state index is 9.29. The highest BCUT2D eigenvalue weighted by atomic mass is 16.5. The summed E-state index contributed by atoms with van der Waals surface area (Å²) in [4.78, 5) is 0. The average Bonchev–Trinajstić information content (AvgIpc) is 3.70. The van der Waals surface area contributed by atoms with E-state index in [-0.39, 0.29) is 12.1 Å². The molecule has 9 nitrogen and oxygen atoms in total. The topological polar surface area (TPSA) is 99.7 Å². The van der Waals surface area contributed by atoms with Crippen LogP contribution in [0.2, 0.25) is 0 Å². The Morgan fingerprint density at radius 3 is 1.53 bits per heavy atom. The molecule has 0 bridgehead atoms. The largest absolute Gasteiger partial charge is 0.392 e. The van der Waals surface area contributed by atoms with Crippen LogP contribution in [0.3, 0.4) is 0 Å². The van der Waals surface area contributed by atoms with Gasteiger partial charge in [0.05, 0.1) is 59.0 Å². The van der Waals surface area contributed by atoms with E-state index in [9.17, 15) is 5.11 Å². The lowest BCUT2D eigenvalue weighted by Crippen LogP contribution is -2.36. The van der Waals surface area contributed by atoms with Crippen molar-refractivity contribution in [3.63, 3.8) is 0 Å². The molecule has 1 rings (SSSR count). The van der Waals surface area contributed by atoms with Crippen LogP contribution in [0, 0.1) is 11.8 Å². The smallest absolute Gasteiger partial charge is 0.0701 e. The summed E-state index contributed by atoms with van der Waals surface area (Å²) < 4.78 is 30.5. The summed E-state index contributed by atoms with van der Waals surface area (Å²) in [6.45, 7) is 18.6. The van der Waals surface area contributed by atoms with Gasteiger partial charge in [0.1, 0.15) is 0 Å². The first-order valence-corrected chi connectivity index (χ1v) is 13.6. The molecule has 0 aromatic heterocycles. The Labute approximate surface area is 222 Å². The Balaban J connectivity index is 0. The van der Waals surface area contributed by atoms with Gasteiger partial charge in [-0.2, -0.15) is 0 Å². The van der Waals surface area contributed by atoms with Gasteiger partial charge >= 0.3 is 0 Å². The van der Waals surface area contributed by atoms with Gasteiger partial charge in [-0.15, -0.1) is 0 Å². The number of aliphatic hydroxyl groups excluding tert-OH is 1. The Kier molecular flexibility index (Phi) is 30.7. The number of aliphatic hydroxyl groups is 1. The Morgan fingerprint density at radius 2 is 1.14 bits per heavy atom. The quantitative estimate of drug-likeness (QED) is 0.185. The van der Waals surface area contributed by atoms with Crippen LogP contribution in [0.25, 0.3) is 0 Å². The second-order valence-corrected chi connectivity index (χ2v) is 9.72. The predicted molar refractivity (Wildman–Crippen MR) is 147 cm³/mol. The second-order valence-electron chi connectivity index (χ2n) is 9.72. The summed E-state index contributed by atoms with van der Waals surface area (Å²) in [6.07, 6.45) is 3.34. The first-order valence-electron chi connectivity index (χ1n) is 13.6. The highest BCUT2D eigenvalue weighted by Gasteiger charge is 2.21. The number of nitrogens with one attached hydrogen (secondary N) is 2. The molecule has 0 spiro atoms. The fourth-order valence-corrected chi connectivity index (χ4v) is 2.56. The zero-order valence-corrected chi connectivity index (χ0v) is 24.7. The first kappa shape index (κ1) is 37.8. The minimum Gasteiger partial charge on any atom is -0.392 e. The highest BCUT2D eigenvalue weighted by molar-refractivity contribution is 4.76. The van der Waals surface area contributed by atoms with E-state index in [0.717, 1.165) is 32.1 Å². The summed E-state index contributed by atoms with van der Waals surface area (Å²) in [5.41, 5.74) is 0. The number of ether oxygens (including phenoxy) is 6. The SMILES string of the molecule is CCC(O)CNC(C)COCCOC.COCCOCC(C)C.COCCOCC(C)NCC1CC1. The molecular weight excluding hydrogens is 464 g/mol. The number of methoxy groups -OCH3 is 3. The standard InChI is InChI=1S/C10H23NO3.C10H21NO2.C7H16O2/c1-4-10(12)7-11-9(2)8-14-6-5-13-3;1-9(8-13-6-5-12-2)11-7-10-3-4-10;1-7(2)6-9-5-4-8-3/h9-12H,4-8H2,1-3H3;9-11H,3-8H2,1-2H3;7H,4-6H2,1-3H3. The van der Waals surface area contributed by atoms with Gasteiger partial charge < -0.3 is 44.2 Å². The zero-order chi connectivity index (χ0) is 27.4. The monoisotopic (exact) mass is 524 g/mol. The summed E-state index contributed by atoms with van der Waals surface area (Å²) in [5.74, 6) is 1.57. The van der Waals surface area contributed by atoms with E-state index >= 15 is 0 Å². The number of hydrogen-bond donors (Lipinski definition) is 3. The lowest BCUT2D eigenvalue weighted by Gasteiger charge is -2.16. The number of rotatable bonds is 22. The third-order valence-corrected chi connectivity index (χ3v) is 5.11. The minimum absolute atomic E-state index is 0.253. The summed E-state index contributed by atoms with van der Waals surface area (Å²) in [7, 11) is 5.03. The maximum Gasteiger partial charge on any atom is 0.0701 e. The fraction of sp³-hybridized carbons (Fsp3) is 1.00. The van der Waals surface area contributed by atoms with Crippen molar-refractivity contribution < 1.29 is 33.5 Å². The first-order chi connectivity index (χ1) is 17.3. The molecule has 0 radical (unpaired) electrons. The van der Waals surface area contributed by atoms with Crippen LogP contribution >= 0.6 is 0 Å². The van der Waals surface area contributed by atoms with Gasteiger partial charge in [-0.3, -0.25) is 0 Å². The van der Waals surface area contributed by atoms with Crippen molar-refractivity contribution in [3.05, 3.63) is 0 Å². The maximum atomic E-state index is 9.29. The van der Waals surface area contributed by atoms with E-state index in [1.54, 1.807) is 21.3 Å². The minimum atomic E-state index is -0.253. The van der Waals surface area contributed by atoms with Crippen molar-refractivity contribution in [2.45, 2.75) is 72.1 Å². The molecule has 0 aromatic carbocycles. The molecule has 3 atom stereocenters. The van der Waals surface area contributed by atoms with Crippen molar-refractivity contribution >= 4 is 0 Å². The van der Waals surface area contributed by atoms with Gasteiger partial charge in [0.15, 0.2) is 0 Å². The van der Waals surface area contributed by atoms with Crippen LogP contribution in [0.4, 0.5) is 0 Å². The molecule has 36 heavy (non-hydrogen) atoms. The van der Waals surface area contributed by atoms with Crippen LogP contribution in [0.5, 0.6) is 0 Å². The van der Waals surface area contributed by atoms with E-state index in [4.69, 9.17) is 28.4 Å². The molecule has 0 aromatic rings. The van der Waals surface area contributed by atoms with Gasteiger partial charge in [0.2, 0.25) is 0 Å². The molecule has 0 saturated heterocycles. The molecule has 9 heteroatoms. The summed E-state index contributed by atoms with van der Waals surface area (Å²) >= 11 is 0. The summed E-state index contributed by atoms with van der Waals surface area (Å²) in [5, 5.41) is 15.9. The van der Waals surface area contributed by atoms with Crippen molar-refractivity contribution in [1.29, 1.82) is 0 Å². The highest BCUT2D eigenvalue weighted by Crippen LogP contribution is 2.27. The molecule has 1 aliphatic rings. The van der Waals surface area contributed by atoms with Crippen LogP contribution in [0.15, 0.2) is 0 Å². The van der Waals surface area contributed by atoms with Crippen LogP contribution in [-0.2, 0) is 28.4 Å². The van der Waals surface area contributed by atoms with Gasteiger partial charge in [-0.05, 0) is 51.5 Å². The molecule has 1 saturated carbocycles. The van der Waals surface area contributed by atoms with Crippen LogP contribution in [-0.4, -0.2) is 117 Å². The fourth-order valence-electron chi connectivity index (χ4n) is 2.56. The molecule has 3 N–H and O–H groups in total. The van der Waals surface area contributed by atoms with Crippen LogP contribution in [0.1, 0.15) is 53.9 Å². The van der Waals surface area contributed by atoms with E-state index in [1.165, 1.54) is 12.8 Å². The normalized spacial score (nSPS) is 15.5. The van der Waals surface area contributed by atoms with Crippen molar-refractivity contribution in [2.75, 3.05) is 93.9 Å². The van der Waals surface area contributed by atoms with Crippen molar-refractivity contribution in [1.82, 2.24) is 10.6 Å². The van der Waals surface area contributed by atoms with Gasteiger partial charge in [-0.25, -0.2) is 0 Å². The second kappa shape index (κ2) is 29.2. The molecule has 0 heterocycles. The van der Waals surface area contributed by atoms with Gasteiger partial charge in [0, 0.05) is 46.6 Å². The number of hydrogen-bond acceptors (Lipinski definition) is 9. The lowest BCUT2D eigenvalue weighted by atomic mass is 10.2. The molecule has 3 unspecified atom stereocenters. The van der Waals surface area contributed by atoms with Crippen molar-refractivity contribution in [3.8, 4) is 0 Å². The van der Waals surface area contributed by atoms with E-state index in [0.29, 0.717) is 64.8 Å². The zero-order valence-electron chi connectivity index (χ0n) is 24.7. The van der Waals surface area contributed by atoms with E-state index in [2.05, 4.69) is 31.4 Å². The molecule has 220 valence electrons. The lowest BCUT2D eigenvalue weighted by molar-refractivity contribution is 0.0572. The molecule has 0 aliphatic heterocycles. The molecule has 1 aliphatic carbocycles.